The van der Waals surface area contributed by atoms with E-state index in [-0.39, 0.29) is 69.0 Å². The van der Waals surface area contributed by atoms with Crippen molar-refractivity contribution in [1.29, 1.82) is 0 Å². The van der Waals surface area contributed by atoms with Crippen LogP contribution in [0.15, 0.2) is 102 Å². The van der Waals surface area contributed by atoms with E-state index in [0.29, 0.717) is 67.8 Å². The van der Waals surface area contributed by atoms with Gasteiger partial charge >= 0.3 is 12.1 Å². The summed E-state index contributed by atoms with van der Waals surface area (Å²) in [4.78, 5) is 79.3. The van der Waals surface area contributed by atoms with Crippen LogP contribution in [0.5, 0.6) is 17.2 Å². The molecule has 3 amide bonds. The van der Waals surface area contributed by atoms with Gasteiger partial charge in [0.25, 0.3) is 11.6 Å². The van der Waals surface area contributed by atoms with E-state index in [1.807, 2.05) is 31.2 Å². The first-order valence-electron chi connectivity index (χ1n) is 28.0. The van der Waals surface area contributed by atoms with Crippen molar-refractivity contribution >= 4 is 45.4 Å². The number of likely N-dealkylation sites (tertiary alicyclic amines) is 1. The van der Waals surface area contributed by atoms with Crippen molar-refractivity contribution in [3.8, 4) is 17.2 Å². The highest BCUT2D eigenvalue weighted by atomic mass is 32.2. The molecular formula is C60H79N5O17S. The number of sulfonamides is 1. The number of carbonyl (C=O) groups is 5. The minimum Gasteiger partial charge on any atom is -0.493 e. The maximum atomic E-state index is 14.1. The number of nitrogens with one attached hydrogen (secondary N) is 2. The number of aliphatic hydroxyl groups excluding tert-OH is 1. The molecule has 4 aromatic rings. The molecular weight excluding hydrogens is 1090 g/mol. The van der Waals surface area contributed by atoms with Crippen LogP contribution >= 0.6 is 0 Å². The third kappa shape index (κ3) is 18.7. The summed E-state index contributed by atoms with van der Waals surface area (Å²) in [6.07, 6.45) is -1.23. The molecule has 2 saturated heterocycles. The zero-order valence-corrected chi connectivity index (χ0v) is 49.1. The van der Waals surface area contributed by atoms with Crippen molar-refractivity contribution in [2.45, 2.75) is 127 Å². The smallest absolute Gasteiger partial charge is 0.407 e. The van der Waals surface area contributed by atoms with Crippen LogP contribution in [0.4, 0.5) is 10.5 Å². The number of hydrogen-bond acceptors (Lipinski definition) is 17. The van der Waals surface area contributed by atoms with E-state index in [0.717, 1.165) is 39.7 Å². The van der Waals surface area contributed by atoms with Gasteiger partial charge in [0.1, 0.15) is 43.3 Å². The SMILES string of the molecule is CCC(C)(C)C(=O)C(=O)N1CCCC[C@H]1C(=O)O[C@H](CCc1ccc(OC)c(OC)c1)c1cccc(OCCNC(=O)COC[C@H]2OCC[C@@H]2OC(=O)N[C@@H](Cc2ccccc2)[C@H](O)CN(CC(C)C)S(=O)(=O)c2ccc([N+](=O)[O-])cc2)c1. The summed E-state index contributed by atoms with van der Waals surface area (Å²) in [5.41, 5.74) is 1.11. The van der Waals surface area contributed by atoms with Crippen LogP contribution in [0, 0.1) is 21.4 Å². The number of rotatable bonds is 31. The molecule has 23 heteroatoms. The first-order chi connectivity index (χ1) is 39.6. The molecule has 2 aliphatic heterocycles. The lowest BCUT2D eigenvalue weighted by molar-refractivity contribution is -0.384. The lowest BCUT2D eigenvalue weighted by Crippen LogP contribution is -2.53. The molecule has 0 aromatic heterocycles. The van der Waals surface area contributed by atoms with Crippen molar-refractivity contribution in [2.24, 2.45) is 11.3 Å². The standard InChI is InChI=1S/C60H79N5O17S/c1-8-60(4,5)56(68)57(69)64-30-13-12-19-48(64)58(70)81-50(26-20-42-21-27-51(76-6)53(34-42)77-7)43-17-14-18-45(35-43)79-32-29-61-55(67)39-78-38-54-52(28-31-80-54)82-59(71)62-47(33-41-15-10-9-11-16-41)49(66)37-63(36-40(2)3)83(74,75)46-24-22-44(23-25-46)65(72)73/h9-11,14-18,21-25,27,34-35,40,47-50,52,54,66H,8,12-13,19-20,26,28-33,36-39H2,1-7H3,(H,61,67)(H,62,71)/t47-,48-,49+,50+,52-,54+/m0/s1. The lowest BCUT2D eigenvalue weighted by Gasteiger charge is -2.36. The average Bonchev–Trinajstić information content (AvgIpc) is 4.12. The maximum Gasteiger partial charge on any atom is 0.407 e. The number of amides is 3. The molecule has 6 rings (SSSR count). The molecule has 2 heterocycles. The van der Waals surface area contributed by atoms with Gasteiger partial charge in [-0.25, -0.2) is 18.0 Å². The number of non-ortho nitro benzene ring substituents is 1. The Hall–Kier alpha value is -7.18. The van der Waals surface area contributed by atoms with Gasteiger partial charge in [-0.3, -0.25) is 24.5 Å². The van der Waals surface area contributed by atoms with Crippen molar-refractivity contribution in [3.05, 3.63) is 124 Å². The topological polar surface area (TPSA) is 278 Å². The van der Waals surface area contributed by atoms with Crippen LogP contribution in [0.25, 0.3) is 0 Å². The zero-order valence-electron chi connectivity index (χ0n) is 48.3. The second-order valence-electron chi connectivity index (χ2n) is 21.6. The molecule has 0 aliphatic carbocycles. The number of esters is 1. The molecule has 0 bridgehead atoms. The number of aryl methyl sites for hydroxylation is 1. The Balaban J connectivity index is 1.02. The van der Waals surface area contributed by atoms with Gasteiger partial charge in [0.15, 0.2) is 11.5 Å². The van der Waals surface area contributed by atoms with Crippen LogP contribution in [-0.2, 0) is 61.0 Å². The Kier molecular flexibility index (Phi) is 24.2. The van der Waals surface area contributed by atoms with E-state index in [9.17, 15) is 47.6 Å². The summed E-state index contributed by atoms with van der Waals surface area (Å²) >= 11 is 0. The zero-order chi connectivity index (χ0) is 60.3. The highest BCUT2D eigenvalue weighted by Gasteiger charge is 2.42. The molecule has 4 aromatic carbocycles. The predicted molar refractivity (Wildman–Crippen MR) is 305 cm³/mol. The minimum absolute atomic E-state index is 0.00461. The number of aliphatic hydroxyl groups is 1. The highest BCUT2D eigenvalue weighted by molar-refractivity contribution is 7.89. The first kappa shape index (κ1) is 65.0. The Morgan fingerprint density at radius 1 is 0.904 bits per heavy atom. The summed E-state index contributed by atoms with van der Waals surface area (Å²) < 4.78 is 69.3. The van der Waals surface area contributed by atoms with E-state index in [1.165, 1.54) is 4.90 Å². The van der Waals surface area contributed by atoms with E-state index >= 15 is 0 Å². The van der Waals surface area contributed by atoms with Crippen molar-refractivity contribution in [2.75, 3.05) is 66.8 Å². The van der Waals surface area contributed by atoms with E-state index < -0.39 is 93.1 Å². The van der Waals surface area contributed by atoms with Gasteiger partial charge in [-0.05, 0) is 104 Å². The molecule has 2 fully saturated rings. The Morgan fingerprint density at radius 2 is 1.64 bits per heavy atom. The van der Waals surface area contributed by atoms with Crippen molar-refractivity contribution in [1.82, 2.24) is 19.8 Å². The van der Waals surface area contributed by atoms with Gasteiger partial charge in [0.2, 0.25) is 21.7 Å². The molecule has 0 radical (unpaired) electrons. The van der Waals surface area contributed by atoms with Gasteiger partial charge in [-0.2, -0.15) is 4.31 Å². The number of piperidine rings is 1. The largest absolute Gasteiger partial charge is 0.493 e. The normalized spacial score (nSPS) is 17.5. The fraction of sp³-hybridized carbons (Fsp3) is 0.517. The minimum atomic E-state index is -4.25. The summed E-state index contributed by atoms with van der Waals surface area (Å²) in [6, 6.07) is 24.1. The van der Waals surface area contributed by atoms with Crippen LogP contribution in [-0.4, -0.2) is 155 Å². The van der Waals surface area contributed by atoms with Gasteiger partial charge in [-0.1, -0.05) is 83.1 Å². The molecule has 83 heavy (non-hydrogen) atoms. The third-order valence-corrected chi connectivity index (χ3v) is 16.5. The number of nitro groups is 1. The number of nitro benzene ring substituents is 1. The molecule has 6 atom stereocenters. The number of ketones is 1. The Bertz CT molecular complexity index is 2930. The Morgan fingerprint density at radius 3 is 2.33 bits per heavy atom. The second kappa shape index (κ2) is 30.9. The number of nitrogens with zero attached hydrogens (tertiary/aromatic N) is 3. The number of methoxy groups -OCH3 is 2. The lowest BCUT2D eigenvalue weighted by atomic mass is 9.84. The number of Topliss-reactive ketones (excluding diaryl/α,β-unsaturated/α-hetero) is 1. The fourth-order valence-electron chi connectivity index (χ4n) is 9.63. The quantitative estimate of drug-likeness (QED) is 0.0151. The van der Waals surface area contributed by atoms with Gasteiger partial charge in [-0.15, -0.1) is 0 Å². The number of alkyl carbamates (subject to hydrolysis) is 1. The summed E-state index contributed by atoms with van der Waals surface area (Å²) in [6.45, 7) is 8.70. The average molecular weight is 1170 g/mol. The fourth-order valence-corrected chi connectivity index (χ4v) is 11.2. The van der Waals surface area contributed by atoms with Crippen LogP contribution < -0.4 is 24.8 Å². The monoisotopic (exact) mass is 1170 g/mol. The van der Waals surface area contributed by atoms with Crippen LogP contribution in [0.1, 0.15) is 95.9 Å². The summed E-state index contributed by atoms with van der Waals surface area (Å²) in [5.74, 6) is -0.909. The molecule has 452 valence electrons. The van der Waals surface area contributed by atoms with Crippen molar-refractivity contribution in [3.63, 3.8) is 0 Å². The highest BCUT2D eigenvalue weighted by Crippen LogP contribution is 2.33. The Labute approximate surface area is 485 Å². The van der Waals surface area contributed by atoms with Gasteiger partial charge in [0, 0.05) is 43.6 Å². The second-order valence-corrected chi connectivity index (χ2v) is 23.6. The van der Waals surface area contributed by atoms with E-state index in [4.69, 9.17) is 33.2 Å². The summed E-state index contributed by atoms with van der Waals surface area (Å²) in [7, 11) is -1.15. The van der Waals surface area contributed by atoms with Crippen LogP contribution in [0.2, 0.25) is 0 Å². The van der Waals surface area contributed by atoms with Gasteiger partial charge in [0.05, 0.1) is 55.9 Å². The number of hydrogen-bond donors (Lipinski definition) is 3. The molecule has 3 N–H and O–H groups in total. The molecule has 0 unspecified atom stereocenters. The molecule has 0 spiro atoms. The van der Waals surface area contributed by atoms with Gasteiger partial charge < -0.3 is 53.8 Å². The molecule has 0 saturated carbocycles. The number of benzene rings is 4. The number of carbonyl (C=O) groups excluding carboxylic acids is 5. The van der Waals surface area contributed by atoms with Crippen molar-refractivity contribution < 1.29 is 75.6 Å². The predicted octanol–water partition coefficient (Wildman–Crippen LogP) is 6.93. The first-order valence-corrected chi connectivity index (χ1v) is 29.5. The summed E-state index contributed by atoms with van der Waals surface area (Å²) in [5, 5.41) is 28.4. The van der Waals surface area contributed by atoms with E-state index in [2.05, 4.69) is 10.6 Å². The third-order valence-electron chi connectivity index (χ3n) is 14.7. The van der Waals surface area contributed by atoms with Crippen LogP contribution in [0.3, 0.4) is 0 Å². The maximum absolute atomic E-state index is 14.1. The molecule has 2 aliphatic rings. The molecule has 22 nitrogen and oxygen atoms in total. The van der Waals surface area contributed by atoms with E-state index in [1.54, 1.807) is 90.4 Å². The number of ether oxygens (including phenoxy) is 7.